The fraction of sp³-hybridized carbons (Fsp3) is 0. The van der Waals surface area contributed by atoms with Gasteiger partial charge in [-0.2, -0.15) is 5.10 Å². The van der Waals surface area contributed by atoms with Crippen LogP contribution in [0.1, 0.15) is 11.1 Å². The van der Waals surface area contributed by atoms with Gasteiger partial charge in [0.1, 0.15) is 0 Å². The number of fused-ring (bicyclic) bond motifs is 3. The van der Waals surface area contributed by atoms with Crippen LogP contribution in [0.25, 0.3) is 10.9 Å². The Bertz CT molecular complexity index is 828. The number of aromatic amines is 1. The molecule has 4 heteroatoms. The van der Waals surface area contributed by atoms with E-state index in [-0.39, 0.29) is 0 Å². The van der Waals surface area contributed by atoms with Gasteiger partial charge in [0.05, 0.1) is 23.1 Å². The van der Waals surface area contributed by atoms with Gasteiger partial charge in [0.25, 0.3) is 0 Å². The number of anilines is 1. The number of nitrogens with one attached hydrogen (secondary N) is 2. The van der Waals surface area contributed by atoms with E-state index in [1.165, 1.54) is 0 Å². The summed E-state index contributed by atoms with van der Waals surface area (Å²) in [5.41, 5.74) is 5.19. The summed E-state index contributed by atoms with van der Waals surface area (Å²) in [4.78, 5) is 4.57. The molecular formula is C16H12N4. The number of benzene rings is 2. The van der Waals surface area contributed by atoms with Crippen molar-refractivity contribution in [2.45, 2.75) is 0 Å². The van der Waals surface area contributed by atoms with E-state index in [2.05, 4.69) is 38.7 Å². The molecule has 0 fully saturated rings. The van der Waals surface area contributed by atoms with Crippen molar-refractivity contribution in [3.63, 3.8) is 0 Å². The van der Waals surface area contributed by atoms with E-state index in [4.69, 9.17) is 0 Å². The number of rotatable bonds is 1. The lowest BCUT2D eigenvalue weighted by atomic mass is 9.99. The normalized spacial score (nSPS) is 13.5. The molecule has 0 saturated heterocycles. The molecule has 0 spiro atoms. The molecule has 0 saturated carbocycles. The van der Waals surface area contributed by atoms with Gasteiger partial charge >= 0.3 is 0 Å². The molecule has 3 aromatic rings. The highest BCUT2D eigenvalue weighted by molar-refractivity contribution is 6.19. The summed E-state index contributed by atoms with van der Waals surface area (Å²) >= 11 is 0. The van der Waals surface area contributed by atoms with Gasteiger partial charge < -0.3 is 5.32 Å². The molecule has 0 radical (unpaired) electrons. The van der Waals surface area contributed by atoms with Gasteiger partial charge in [-0.3, -0.25) is 10.1 Å². The average molecular weight is 260 g/mol. The Morgan fingerprint density at radius 3 is 2.75 bits per heavy atom. The second-order valence-electron chi connectivity index (χ2n) is 4.62. The molecule has 0 bridgehead atoms. The first kappa shape index (κ1) is 11.0. The Balaban J connectivity index is 2.00. The van der Waals surface area contributed by atoms with Crippen molar-refractivity contribution in [3.05, 3.63) is 72.2 Å². The molecule has 1 aliphatic heterocycles. The summed E-state index contributed by atoms with van der Waals surface area (Å²) in [5.74, 6) is 0. The SMILES string of the molecule is C1=CNc2c(ccc3[nH]ncc23)C(c2ccccc2)=N1. The Labute approximate surface area is 115 Å². The average Bonchev–Trinajstić information content (AvgIpc) is 2.87. The molecule has 4 rings (SSSR count). The van der Waals surface area contributed by atoms with Gasteiger partial charge in [-0.05, 0) is 12.1 Å². The minimum Gasteiger partial charge on any atom is -0.359 e. The second kappa shape index (κ2) is 4.35. The predicted octanol–water partition coefficient (Wildman–Crippen LogP) is 3.30. The largest absolute Gasteiger partial charge is 0.359 e. The van der Waals surface area contributed by atoms with Crippen LogP contribution in [0.4, 0.5) is 5.69 Å². The third-order valence-corrected chi connectivity index (χ3v) is 3.43. The minimum atomic E-state index is 0.963. The van der Waals surface area contributed by atoms with Crippen molar-refractivity contribution >= 4 is 22.3 Å². The van der Waals surface area contributed by atoms with Crippen LogP contribution in [0.3, 0.4) is 0 Å². The maximum Gasteiger partial charge on any atom is 0.0796 e. The number of hydrogen-bond acceptors (Lipinski definition) is 3. The first-order valence-corrected chi connectivity index (χ1v) is 6.45. The monoisotopic (exact) mass is 260 g/mol. The molecule has 20 heavy (non-hydrogen) atoms. The van der Waals surface area contributed by atoms with Crippen molar-refractivity contribution in [2.24, 2.45) is 4.99 Å². The van der Waals surface area contributed by atoms with Gasteiger partial charge in [0.15, 0.2) is 0 Å². The lowest BCUT2D eigenvalue weighted by Gasteiger charge is -2.11. The Morgan fingerprint density at radius 1 is 0.950 bits per heavy atom. The van der Waals surface area contributed by atoms with Crippen LogP contribution in [-0.4, -0.2) is 15.9 Å². The molecular weight excluding hydrogens is 248 g/mol. The third-order valence-electron chi connectivity index (χ3n) is 3.43. The van der Waals surface area contributed by atoms with Crippen molar-refractivity contribution in [1.82, 2.24) is 10.2 Å². The summed E-state index contributed by atoms with van der Waals surface area (Å²) in [6.07, 6.45) is 5.47. The summed E-state index contributed by atoms with van der Waals surface area (Å²) < 4.78 is 0. The van der Waals surface area contributed by atoms with Crippen LogP contribution in [-0.2, 0) is 0 Å². The van der Waals surface area contributed by atoms with Crippen LogP contribution in [0.5, 0.6) is 0 Å². The second-order valence-corrected chi connectivity index (χ2v) is 4.62. The Morgan fingerprint density at radius 2 is 1.85 bits per heavy atom. The fourth-order valence-electron chi connectivity index (χ4n) is 2.50. The molecule has 0 aliphatic carbocycles. The summed E-state index contributed by atoms with van der Waals surface area (Å²) in [7, 11) is 0. The topological polar surface area (TPSA) is 53.1 Å². The summed E-state index contributed by atoms with van der Waals surface area (Å²) in [6.45, 7) is 0. The fourth-order valence-corrected chi connectivity index (χ4v) is 2.50. The van der Waals surface area contributed by atoms with E-state index in [9.17, 15) is 0 Å². The molecule has 1 aliphatic rings. The van der Waals surface area contributed by atoms with Crippen LogP contribution in [0, 0.1) is 0 Å². The van der Waals surface area contributed by atoms with E-state index in [0.717, 1.165) is 33.4 Å². The van der Waals surface area contributed by atoms with Gasteiger partial charge in [-0.15, -0.1) is 0 Å². The molecule has 2 N–H and O–H groups in total. The van der Waals surface area contributed by atoms with Gasteiger partial charge in [0.2, 0.25) is 0 Å². The van der Waals surface area contributed by atoms with E-state index in [1.54, 1.807) is 6.20 Å². The maximum absolute atomic E-state index is 4.57. The van der Waals surface area contributed by atoms with Crippen LogP contribution in [0.15, 0.2) is 66.1 Å². The molecule has 2 heterocycles. The predicted molar refractivity (Wildman–Crippen MR) is 80.9 cm³/mol. The standard InChI is InChI=1S/C16H12N4/c1-2-4-11(5-3-1)15-12-6-7-14-13(10-19-20-14)16(12)18-9-8-17-15/h1-10,18H,(H,19,20). The van der Waals surface area contributed by atoms with Gasteiger partial charge in [-0.1, -0.05) is 30.3 Å². The number of H-pyrrole nitrogens is 1. The van der Waals surface area contributed by atoms with E-state index in [1.807, 2.05) is 36.7 Å². The number of hydrogen-bond donors (Lipinski definition) is 2. The number of aromatic nitrogens is 2. The van der Waals surface area contributed by atoms with Crippen molar-refractivity contribution < 1.29 is 0 Å². The molecule has 0 unspecified atom stereocenters. The summed E-state index contributed by atoms with van der Waals surface area (Å²) in [5, 5.41) is 11.5. The van der Waals surface area contributed by atoms with Gasteiger partial charge in [0, 0.05) is 28.9 Å². The first-order valence-electron chi connectivity index (χ1n) is 6.45. The van der Waals surface area contributed by atoms with Crippen LogP contribution in [0.2, 0.25) is 0 Å². The maximum atomic E-state index is 4.57. The van der Waals surface area contributed by atoms with E-state index in [0.29, 0.717) is 0 Å². The highest BCUT2D eigenvalue weighted by atomic mass is 15.1. The molecule has 96 valence electrons. The minimum absolute atomic E-state index is 0.963. The molecule has 2 aromatic carbocycles. The lowest BCUT2D eigenvalue weighted by molar-refractivity contribution is 1.12. The highest BCUT2D eigenvalue weighted by Crippen LogP contribution is 2.29. The molecule has 4 nitrogen and oxygen atoms in total. The smallest absolute Gasteiger partial charge is 0.0796 e. The van der Waals surface area contributed by atoms with Crippen molar-refractivity contribution in [2.75, 3.05) is 5.32 Å². The van der Waals surface area contributed by atoms with Crippen LogP contribution >= 0.6 is 0 Å². The molecule has 0 atom stereocenters. The van der Waals surface area contributed by atoms with E-state index < -0.39 is 0 Å². The molecule has 1 aromatic heterocycles. The Kier molecular flexibility index (Phi) is 2.39. The van der Waals surface area contributed by atoms with Crippen molar-refractivity contribution in [1.29, 1.82) is 0 Å². The quantitative estimate of drug-likeness (QED) is 0.705. The van der Waals surface area contributed by atoms with E-state index >= 15 is 0 Å². The zero-order valence-electron chi connectivity index (χ0n) is 10.7. The lowest BCUT2D eigenvalue weighted by Crippen LogP contribution is -2.05. The number of nitrogens with zero attached hydrogens (tertiary/aromatic N) is 2. The van der Waals surface area contributed by atoms with Crippen LogP contribution < -0.4 is 5.32 Å². The summed E-state index contributed by atoms with van der Waals surface area (Å²) in [6, 6.07) is 14.3. The van der Waals surface area contributed by atoms with Crippen molar-refractivity contribution in [3.8, 4) is 0 Å². The highest BCUT2D eigenvalue weighted by Gasteiger charge is 2.15. The zero-order valence-corrected chi connectivity index (χ0v) is 10.7. The van der Waals surface area contributed by atoms with Gasteiger partial charge in [-0.25, -0.2) is 0 Å². The number of aliphatic imine (C=N–C) groups is 1. The zero-order chi connectivity index (χ0) is 13.4. The third kappa shape index (κ3) is 1.62. The molecule has 0 amide bonds. The Hall–Kier alpha value is -2.88. The first-order chi connectivity index (χ1) is 9.93.